The number of likely N-dealkylation sites (N-methyl/N-ethyl adjacent to an activating group) is 1. The van der Waals surface area contributed by atoms with Crippen molar-refractivity contribution in [3.63, 3.8) is 0 Å². The smallest absolute Gasteiger partial charge is 0.335 e. The Labute approximate surface area is 302 Å². The second-order valence-electron chi connectivity index (χ2n) is 19.2. The van der Waals surface area contributed by atoms with Crippen molar-refractivity contribution < 1.29 is 14.7 Å². The van der Waals surface area contributed by atoms with Gasteiger partial charge in [-0.25, -0.2) is 4.79 Å². The van der Waals surface area contributed by atoms with E-state index in [1.54, 1.807) is 12.1 Å². The van der Waals surface area contributed by atoms with Crippen molar-refractivity contribution in [2.45, 2.75) is 99.3 Å². The van der Waals surface area contributed by atoms with Crippen molar-refractivity contribution >= 4 is 17.4 Å². The van der Waals surface area contributed by atoms with Crippen LogP contribution in [0.4, 0.5) is 0 Å². The van der Waals surface area contributed by atoms with Crippen molar-refractivity contribution in [1.29, 1.82) is 0 Å². The lowest BCUT2D eigenvalue weighted by Gasteiger charge is -2.72. The van der Waals surface area contributed by atoms with Gasteiger partial charge >= 0.3 is 5.97 Å². The minimum Gasteiger partial charge on any atom is -0.478 e. The van der Waals surface area contributed by atoms with E-state index in [9.17, 15) is 14.7 Å². The third kappa shape index (κ3) is 5.31. The molecule has 9 atom stereocenters. The largest absolute Gasteiger partial charge is 0.478 e. The molecule has 274 valence electrons. The number of carboxylic acid groups (broad SMARTS) is 1. The molecule has 0 spiro atoms. The Balaban J connectivity index is 1.15. The predicted octanol–water partition coefficient (Wildman–Crippen LogP) is 8.40. The zero-order chi connectivity index (χ0) is 35.9. The topological polar surface area (TPSA) is 72.9 Å². The van der Waals surface area contributed by atoms with E-state index >= 15 is 0 Å². The van der Waals surface area contributed by atoms with Gasteiger partial charge in [0.15, 0.2) is 0 Å². The molecule has 1 heterocycles. The summed E-state index contributed by atoms with van der Waals surface area (Å²) in [7, 11) is 2.20. The zero-order valence-corrected chi connectivity index (χ0v) is 32.2. The normalized spacial score (nSPS) is 41.2. The first-order chi connectivity index (χ1) is 23.6. The number of carboxylic acids is 1. The molecule has 6 heteroatoms. The van der Waals surface area contributed by atoms with Gasteiger partial charge in [-0.05, 0) is 146 Å². The van der Waals surface area contributed by atoms with Crippen LogP contribution in [0, 0.1) is 56.7 Å². The zero-order valence-electron chi connectivity index (χ0n) is 32.2. The number of nitrogens with one attached hydrogen (secondary N) is 1. The first-order valence-electron chi connectivity index (χ1n) is 20.0. The van der Waals surface area contributed by atoms with E-state index in [2.05, 4.69) is 76.4 Å². The van der Waals surface area contributed by atoms with Crippen molar-refractivity contribution in [2.75, 3.05) is 46.3 Å². The van der Waals surface area contributed by atoms with Gasteiger partial charge in [0.2, 0.25) is 5.91 Å². The van der Waals surface area contributed by atoms with Gasteiger partial charge in [0.1, 0.15) is 0 Å². The molecule has 0 bridgehead atoms. The number of nitrogens with zero attached hydrogens (tertiary/aromatic N) is 2. The summed E-state index contributed by atoms with van der Waals surface area (Å²) in [4.78, 5) is 31.0. The van der Waals surface area contributed by atoms with Gasteiger partial charge in [0, 0.05) is 39.3 Å². The van der Waals surface area contributed by atoms with Crippen molar-refractivity contribution in [3.8, 4) is 0 Å². The number of rotatable bonds is 7. The van der Waals surface area contributed by atoms with Crippen molar-refractivity contribution in [3.05, 3.63) is 53.6 Å². The number of piperazine rings is 1. The number of hydrogen-bond acceptors (Lipinski definition) is 4. The molecule has 2 N–H and O–H groups in total. The summed E-state index contributed by atoms with van der Waals surface area (Å²) in [6.07, 6.45) is 12.8. The standard InChI is InChI=1S/C44H65N3O3/c1-29(2)32-15-20-44(39(50)45-23-24-47-27-25-46(8)26-28-47)22-21-42(6)34(37(32)44)13-14-36-41(5)18-16-33(30-9-11-31(12-10-30)38(48)49)40(3,4)35(41)17-19-43(36,42)7/h9-12,16,32,34-37H,1,13-15,17-28H2,2-8H3,(H,45,50)(H,48,49). The van der Waals surface area contributed by atoms with Gasteiger partial charge < -0.3 is 15.3 Å². The number of aromatic carboxylic acids is 1. The molecule has 5 fully saturated rings. The molecule has 4 saturated carbocycles. The lowest BCUT2D eigenvalue weighted by Crippen LogP contribution is -2.66. The molecule has 1 amide bonds. The molecule has 0 aromatic heterocycles. The highest BCUT2D eigenvalue weighted by Crippen LogP contribution is 2.77. The lowest BCUT2D eigenvalue weighted by atomic mass is 9.32. The minimum atomic E-state index is -0.870. The third-order valence-electron chi connectivity index (χ3n) is 16.8. The van der Waals surface area contributed by atoms with Gasteiger partial charge in [-0.2, -0.15) is 0 Å². The van der Waals surface area contributed by atoms with Crippen LogP contribution in [-0.4, -0.2) is 73.1 Å². The minimum absolute atomic E-state index is 0.00273. The monoisotopic (exact) mass is 684 g/mol. The van der Waals surface area contributed by atoms with E-state index in [1.807, 2.05) is 12.1 Å². The van der Waals surface area contributed by atoms with Crippen molar-refractivity contribution in [2.24, 2.45) is 56.7 Å². The maximum Gasteiger partial charge on any atom is 0.335 e. The van der Waals surface area contributed by atoms with Crippen LogP contribution < -0.4 is 5.32 Å². The van der Waals surface area contributed by atoms with Crippen LogP contribution in [0.2, 0.25) is 0 Å². The van der Waals surface area contributed by atoms with Crippen LogP contribution in [0.25, 0.3) is 5.57 Å². The van der Waals surface area contributed by atoms with E-state index in [1.165, 1.54) is 42.4 Å². The first kappa shape index (κ1) is 35.9. The fourth-order valence-electron chi connectivity index (χ4n) is 14.0. The molecule has 6 nitrogen and oxygen atoms in total. The fourth-order valence-corrected chi connectivity index (χ4v) is 14.0. The van der Waals surface area contributed by atoms with Gasteiger partial charge in [0.25, 0.3) is 0 Å². The Morgan fingerprint density at radius 1 is 0.880 bits per heavy atom. The molecule has 6 aliphatic rings. The summed E-state index contributed by atoms with van der Waals surface area (Å²) in [6, 6.07) is 7.58. The van der Waals surface area contributed by atoms with E-state index in [4.69, 9.17) is 0 Å². The Morgan fingerprint density at radius 3 is 2.24 bits per heavy atom. The maximum atomic E-state index is 14.5. The number of amides is 1. The highest BCUT2D eigenvalue weighted by atomic mass is 16.4. The Morgan fingerprint density at radius 2 is 1.58 bits per heavy atom. The highest BCUT2D eigenvalue weighted by Gasteiger charge is 2.71. The summed E-state index contributed by atoms with van der Waals surface area (Å²) >= 11 is 0. The second-order valence-corrected chi connectivity index (χ2v) is 19.2. The summed E-state index contributed by atoms with van der Waals surface area (Å²) in [5, 5.41) is 13.0. The van der Waals surface area contributed by atoms with Crippen LogP contribution in [0.3, 0.4) is 0 Å². The molecule has 7 rings (SSSR count). The molecule has 1 aromatic carbocycles. The molecule has 0 radical (unpaired) electrons. The molecule has 1 saturated heterocycles. The van der Waals surface area contributed by atoms with Crippen molar-refractivity contribution in [1.82, 2.24) is 15.1 Å². The second kappa shape index (κ2) is 12.6. The van der Waals surface area contributed by atoms with E-state index in [0.29, 0.717) is 41.1 Å². The molecule has 1 aliphatic heterocycles. The predicted molar refractivity (Wildman–Crippen MR) is 203 cm³/mol. The summed E-state index contributed by atoms with van der Waals surface area (Å²) < 4.78 is 0. The van der Waals surface area contributed by atoms with E-state index < -0.39 is 5.97 Å². The Bertz CT molecular complexity index is 1540. The molecule has 50 heavy (non-hydrogen) atoms. The van der Waals surface area contributed by atoms with Crippen LogP contribution in [0.15, 0.2) is 42.5 Å². The third-order valence-corrected chi connectivity index (χ3v) is 16.8. The number of hydrogen-bond donors (Lipinski definition) is 2. The number of allylic oxidation sites excluding steroid dienone is 3. The number of carbonyl (C=O) groups excluding carboxylic acids is 1. The molecule has 1 aromatic rings. The Hall–Kier alpha value is -2.44. The number of benzene rings is 1. The lowest BCUT2D eigenvalue weighted by molar-refractivity contribution is -0.225. The van der Waals surface area contributed by atoms with Gasteiger partial charge in [-0.15, -0.1) is 0 Å². The molecular formula is C44H65N3O3. The van der Waals surface area contributed by atoms with Gasteiger partial charge in [-0.1, -0.05) is 65.0 Å². The SMILES string of the molecule is C=C(C)C1CCC2(C(=O)NCCN3CCN(C)CC3)CCC3(C)C(CCC4C5(C)CC=C(c6ccc(C(=O)O)cc6)C(C)(C)C5CCC43C)C12. The first-order valence-corrected chi connectivity index (χ1v) is 20.0. The van der Waals surface area contributed by atoms with Gasteiger partial charge in [0.05, 0.1) is 11.0 Å². The Kier molecular flexibility index (Phi) is 9.06. The number of carbonyl (C=O) groups is 2. The molecule has 5 aliphatic carbocycles. The molecular weight excluding hydrogens is 619 g/mol. The highest BCUT2D eigenvalue weighted by molar-refractivity contribution is 5.88. The average Bonchev–Trinajstić information content (AvgIpc) is 3.47. The van der Waals surface area contributed by atoms with Crippen LogP contribution in [0.5, 0.6) is 0 Å². The summed E-state index contributed by atoms with van der Waals surface area (Å²) in [5.74, 6) is 2.03. The van der Waals surface area contributed by atoms with Crippen LogP contribution in [-0.2, 0) is 4.79 Å². The quantitative estimate of drug-likeness (QED) is 0.283. The van der Waals surface area contributed by atoms with Crippen LogP contribution >= 0.6 is 0 Å². The van der Waals surface area contributed by atoms with Gasteiger partial charge in [-0.3, -0.25) is 9.69 Å². The molecule has 9 unspecified atom stereocenters. The van der Waals surface area contributed by atoms with Crippen LogP contribution in [0.1, 0.15) is 115 Å². The van der Waals surface area contributed by atoms with E-state index in [-0.39, 0.29) is 27.1 Å². The van der Waals surface area contributed by atoms with E-state index in [0.717, 1.165) is 71.4 Å². The summed E-state index contributed by atoms with van der Waals surface area (Å²) in [5.41, 5.74) is 4.54. The fraction of sp³-hybridized carbons (Fsp3) is 0.727. The number of fused-ring (bicyclic) bond motifs is 7. The average molecular weight is 684 g/mol. The summed E-state index contributed by atoms with van der Waals surface area (Å²) in [6.45, 7) is 25.8. The maximum absolute atomic E-state index is 14.5.